The van der Waals surface area contributed by atoms with Gasteiger partial charge in [0, 0.05) is 12.3 Å². The first-order valence-corrected chi connectivity index (χ1v) is 7.81. The Bertz CT molecular complexity index is 333. The van der Waals surface area contributed by atoms with Crippen molar-refractivity contribution in [3.63, 3.8) is 0 Å². The van der Waals surface area contributed by atoms with E-state index in [1.807, 2.05) is 0 Å². The van der Waals surface area contributed by atoms with Crippen LogP contribution in [0.1, 0.15) is 51.4 Å². The van der Waals surface area contributed by atoms with Crippen molar-refractivity contribution in [3.05, 3.63) is 0 Å². The Hall–Kier alpha value is -0.570. The molecule has 0 aromatic rings. The van der Waals surface area contributed by atoms with Gasteiger partial charge in [-0.15, -0.1) is 0 Å². The Kier molecular flexibility index (Phi) is 3.35. The Morgan fingerprint density at radius 3 is 2.50 bits per heavy atom. The molecule has 2 saturated carbocycles. The molecule has 0 aromatic heterocycles. The minimum atomic E-state index is 0.575. The molecular formula is C15H27N2O+. The lowest BCUT2D eigenvalue weighted by molar-refractivity contribution is -0.941. The second-order valence-corrected chi connectivity index (χ2v) is 6.89. The van der Waals surface area contributed by atoms with Gasteiger partial charge in [-0.3, -0.25) is 0 Å². The van der Waals surface area contributed by atoms with E-state index in [4.69, 9.17) is 0 Å². The van der Waals surface area contributed by atoms with Gasteiger partial charge in [0.15, 0.2) is 0 Å². The van der Waals surface area contributed by atoms with Gasteiger partial charge in [-0.2, -0.15) is 0 Å². The highest BCUT2D eigenvalue weighted by molar-refractivity contribution is 5.90. The van der Waals surface area contributed by atoms with Crippen LogP contribution in [0.3, 0.4) is 0 Å². The second-order valence-electron chi connectivity index (χ2n) is 6.89. The number of fused-ring (bicyclic) bond motifs is 2. The summed E-state index contributed by atoms with van der Waals surface area (Å²) in [6.07, 6.45) is 10.6. The summed E-state index contributed by atoms with van der Waals surface area (Å²) in [6.45, 7) is 2.68. The summed E-state index contributed by atoms with van der Waals surface area (Å²) in [7, 11) is 2.45. The van der Waals surface area contributed by atoms with Crippen LogP contribution in [-0.2, 0) is 0 Å². The zero-order valence-corrected chi connectivity index (χ0v) is 11.6. The summed E-state index contributed by atoms with van der Waals surface area (Å²) in [6, 6.07) is 0.729. The molecule has 1 saturated heterocycles. The molecule has 18 heavy (non-hydrogen) atoms. The van der Waals surface area contributed by atoms with E-state index in [0.29, 0.717) is 11.8 Å². The van der Waals surface area contributed by atoms with E-state index in [2.05, 4.69) is 12.2 Å². The fourth-order valence-corrected chi connectivity index (χ4v) is 4.91. The third kappa shape index (κ3) is 1.97. The molecule has 0 amide bonds. The number of hydrogen-bond acceptors (Lipinski definition) is 2. The summed E-state index contributed by atoms with van der Waals surface area (Å²) in [5, 5.41) is 13.1. The first-order chi connectivity index (χ1) is 8.74. The van der Waals surface area contributed by atoms with Gasteiger partial charge in [-0.1, -0.05) is 11.6 Å². The van der Waals surface area contributed by atoms with Crippen LogP contribution >= 0.6 is 0 Å². The van der Waals surface area contributed by atoms with Gasteiger partial charge in [-0.05, 0) is 38.5 Å². The number of oxime groups is 1. The monoisotopic (exact) mass is 251 g/mol. The van der Waals surface area contributed by atoms with E-state index >= 15 is 0 Å². The van der Waals surface area contributed by atoms with Crippen LogP contribution in [0.15, 0.2) is 5.16 Å². The number of hydrogen-bond donors (Lipinski definition) is 1. The van der Waals surface area contributed by atoms with Crippen LogP contribution < -0.4 is 0 Å². The topological polar surface area (TPSA) is 32.6 Å². The van der Waals surface area contributed by atoms with Crippen LogP contribution in [-0.4, -0.2) is 41.6 Å². The van der Waals surface area contributed by atoms with E-state index in [-0.39, 0.29) is 0 Å². The lowest BCUT2D eigenvalue weighted by atomic mass is 9.67. The van der Waals surface area contributed by atoms with Crippen molar-refractivity contribution in [2.24, 2.45) is 17.0 Å². The molecule has 3 heteroatoms. The molecule has 2 bridgehead atoms. The molecule has 1 N–H and O–H groups in total. The maximum absolute atomic E-state index is 9.38. The summed E-state index contributed by atoms with van der Waals surface area (Å²) in [5.74, 6) is 1.17. The highest BCUT2D eigenvalue weighted by atomic mass is 16.4. The Morgan fingerprint density at radius 2 is 1.78 bits per heavy atom. The van der Waals surface area contributed by atoms with Gasteiger partial charge in [0.05, 0.1) is 37.8 Å². The number of nitrogens with zero attached hydrogens (tertiary/aromatic N) is 2. The minimum absolute atomic E-state index is 0.575. The summed E-state index contributed by atoms with van der Waals surface area (Å²) in [4.78, 5) is 0. The van der Waals surface area contributed by atoms with Gasteiger partial charge < -0.3 is 9.69 Å². The van der Waals surface area contributed by atoms with E-state index in [1.54, 1.807) is 0 Å². The standard InChI is InChI=1S/C15H26N2O/c1-17(10-3-2-4-11-17)14-9-8-12-6-5-7-13(14)15(12)16-18/h12-14H,2-11H2,1H3/p+1/b16-15+/t12-,13+,14-/m1/s1. The Balaban J connectivity index is 1.83. The quantitative estimate of drug-likeness (QED) is 0.434. The molecule has 1 heterocycles. The van der Waals surface area contributed by atoms with Crippen molar-refractivity contribution >= 4 is 5.71 Å². The fourth-order valence-electron chi connectivity index (χ4n) is 4.91. The molecule has 0 aromatic carbocycles. The molecular weight excluding hydrogens is 224 g/mol. The van der Waals surface area contributed by atoms with Crippen LogP contribution in [0.2, 0.25) is 0 Å². The van der Waals surface area contributed by atoms with Crippen LogP contribution in [0.4, 0.5) is 0 Å². The van der Waals surface area contributed by atoms with Gasteiger partial charge in [0.1, 0.15) is 0 Å². The molecule has 3 fully saturated rings. The summed E-state index contributed by atoms with van der Waals surface area (Å²) in [5.41, 5.74) is 1.16. The predicted octanol–water partition coefficient (Wildman–Crippen LogP) is 3.03. The van der Waals surface area contributed by atoms with Gasteiger partial charge in [-0.25, -0.2) is 0 Å². The van der Waals surface area contributed by atoms with Gasteiger partial charge in [0.25, 0.3) is 0 Å². The molecule has 0 unspecified atom stereocenters. The number of likely N-dealkylation sites (tertiary alicyclic amines) is 1. The van der Waals surface area contributed by atoms with E-state index in [9.17, 15) is 5.21 Å². The minimum Gasteiger partial charge on any atom is -0.411 e. The third-order valence-electron chi connectivity index (χ3n) is 5.90. The van der Waals surface area contributed by atoms with E-state index in [1.165, 1.54) is 68.9 Å². The highest BCUT2D eigenvalue weighted by Crippen LogP contribution is 2.42. The van der Waals surface area contributed by atoms with Crippen LogP contribution in [0.5, 0.6) is 0 Å². The fraction of sp³-hybridized carbons (Fsp3) is 0.933. The molecule has 1 aliphatic heterocycles. The van der Waals surface area contributed by atoms with Crippen molar-refractivity contribution < 1.29 is 9.69 Å². The normalized spacial score (nSPS) is 41.8. The largest absolute Gasteiger partial charge is 0.411 e. The van der Waals surface area contributed by atoms with Crippen molar-refractivity contribution in [3.8, 4) is 0 Å². The van der Waals surface area contributed by atoms with Gasteiger partial charge >= 0.3 is 0 Å². The highest BCUT2D eigenvalue weighted by Gasteiger charge is 2.48. The van der Waals surface area contributed by atoms with Crippen molar-refractivity contribution in [1.82, 2.24) is 0 Å². The average molecular weight is 251 g/mol. The van der Waals surface area contributed by atoms with Crippen LogP contribution in [0, 0.1) is 11.8 Å². The van der Waals surface area contributed by atoms with Crippen molar-refractivity contribution in [2.45, 2.75) is 57.4 Å². The number of piperidine rings is 1. The molecule has 0 spiro atoms. The maximum atomic E-state index is 9.38. The zero-order chi connectivity index (χ0) is 12.6. The van der Waals surface area contributed by atoms with Crippen LogP contribution in [0.25, 0.3) is 0 Å². The molecule has 102 valence electrons. The molecule has 0 radical (unpaired) electrons. The summed E-state index contributed by atoms with van der Waals surface area (Å²) < 4.78 is 1.25. The van der Waals surface area contributed by atoms with Crippen molar-refractivity contribution in [2.75, 3.05) is 20.1 Å². The maximum Gasteiger partial charge on any atom is 0.0971 e. The van der Waals surface area contributed by atoms with E-state index in [0.717, 1.165) is 11.8 Å². The predicted molar refractivity (Wildman–Crippen MR) is 72.8 cm³/mol. The first-order valence-electron chi connectivity index (χ1n) is 7.81. The Labute approximate surface area is 110 Å². The average Bonchev–Trinajstić information content (AvgIpc) is 2.38. The molecule has 3 aliphatic rings. The lowest BCUT2D eigenvalue weighted by Gasteiger charge is -2.51. The third-order valence-corrected chi connectivity index (χ3v) is 5.90. The molecule has 3 atom stereocenters. The second kappa shape index (κ2) is 4.84. The molecule has 3 rings (SSSR count). The lowest BCUT2D eigenvalue weighted by Crippen LogP contribution is -2.61. The number of quaternary nitrogens is 1. The van der Waals surface area contributed by atoms with Crippen molar-refractivity contribution in [1.29, 1.82) is 0 Å². The molecule has 2 aliphatic carbocycles. The van der Waals surface area contributed by atoms with Gasteiger partial charge in [0.2, 0.25) is 0 Å². The number of rotatable bonds is 1. The van der Waals surface area contributed by atoms with E-state index < -0.39 is 0 Å². The Morgan fingerprint density at radius 1 is 1.00 bits per heavy atom. The zero-order valence-electron chi connectivity index (χ0n) is 11.6. The smallest absolute Gasteiger partial charge is 0.0971 e. The SMILES string of the molecule is C[N+]1([C@@H]2CC[C@H]3CCC[C@@H]2/C3=N/O)CCCCC1. The summed E-state index contributed by atoms with van der Waals surface area (Å²) >= 11 is 0. The molecule has 3 nitrogen and oxygen atoms in total. The first kappa shape index (κ1) is 12.5.